The van der Waals surface area contributed by atoms with E-state index in [1.165, 1.54) is 24.8 Å². The van der Waals surface area contributed by atoms with Crippen molar-refractivity contribution in [3.63, 3.8) is 0 Å². The molecule has 114 valence electrons. The Morgan fingerprint density at radius 1 is 1.14 bits per heavy atom. The van der Waals surface area contributed by atoms with Crippen molar-refractivity contribution in [3.8, 4) is 0 Å². The highest BCUT2D eigenvalue weighted by atomic mass is 16.2. The van der Waals surface area contributed by atoms with E-state index in [1.807, 2.05) is 6.07 Å². The van der Waals surface area contributed by atoms with Crippen LogP contribution in [0.25, 0.3) is 0 Å². The van der Waals surface area contributed by atoms with E-state index in [0.29, 0.717) is 11.9 Å². The normalized spacial score (nSPS) is 27.3. The maximum absolute atomic E-state index is 12.8. The number of carbonyl (C=O) groups is 1. The van der Waals surface area contributed by atoms with Crippen LogP contribution in [-0.2, 0) is 4.79 Å². The average molecular weight is 286 g/mol. The Labute approximate surface area is 127 Å². The third-order valence-corrected chi connectivity index (χ3v) is 4.85. The molecule has 1 N–H and O–H groups in total. The first kappa shape index (κ1) is 14.6. The Kier molecular flexibility index (Phi) is 4.59. The van der Waals surface area contributed by atoms with Crippen LogP contribution in [0.1, 0.15) is 63.6 Å². The van der Waals surface area contributed by atoms with E-state index in [1.54, 1.807) is 0 Å². The third-order valence-electron chi connectivity index (χ3n) is 4.85. The summed E-state index contributed by atoms with van der Waals surface area (Å²) in [6, 6.07) is 10.9. The minimum atomic E-state index is 0.00197. The Hall–Kier alpha value is -1.35. The number of carbonyl (C=O) groups excluding carboxylic acids is 1. The van der Waals surface area contributed by atoms with Crippen LogP contribution >= 0.6 is 0 Å². The second-order valence-electron chi connectivity index (χ2n) is 6.36. The molecule has 0 aromatic heterocycles. The first-order chi connectivity index (χ1) is 10.3. The molecule has 3 heteroatoms. The number of nitrogens with one attached hydrogen (secondary N) is 1. The summed E-state index contributed by atoms with van der Waals surface area (Å²) in [5.74, 6) is 0.317. The minimum absolute atomic E-state index is 0.00197. The van der Waals surface area contributed by atoms with Gasteiger partial charge in [0.15, 0.2) is 0 Å². The van der Waals surface area contributed by atoms with E-state index in [4.69, 9.17) is 0 Å². The van der Waals surface area contributed by atoms with Gasteiger partial charge in [0.05, 0.1) is 6.04 Å². The first-order valence-electron chi connectivity index (χ1n) is 8.44. The summed E-state index contributed by atoms with van der Waals surface area (Å²) in [5, 5.41) is 3.58. The fourth-order valence-electron chi connectivity index (χ4n) is 3.79. The van der Waals surface area contributed by atoms with Crippen LogP contribution in [0.2, 0.25) is 0 Å². The molecule has 3 nitrogen and oxygen atoms in total. The molecule has 2 aliphatic rings. The lowest BCUT2D eigenvalue weighted by molar-refractivity contribution is -0.133. The van der Waals surface area contributed by atoms with E-state index < -0.39 is 0 Å². The molecule has 1 saturated carbocycles. The number of nitrogens with zero attached hydrogens (tertiary/aromatic N) is 1. The molecule has 1 aromatic carbocycles. The van der Waals surface area contributed by atoms with Crippen LogP contribution in [0.5, 0.6) is 0 Å². The molecule has 2 fully saturated rings. The predicted octanol–water partition coefficient (Wildman–Crippen LogP) is 3.62. The van der Waals surface area contributed by atoms with Crippen LogP contribution < -0.4 is 5.32 Å². The highest BCUT2D eigenvalue weighted by Crippen LogP contribution is 2.34. The molecule has 1 aliphatic carbocycles. The van der Waals surface area contributed by atoms with Gasteiger partial charge in [-0.15, -0.1) is 0 Å². The van der Waals surface area contributed by atoms with Crippen LogP contribution in [0.4, 0.5) is 0 Å². The summed E-state index contributed by atoms with van der Waals surface area (Å²) >= 11 is 0. The molecule has 1 amide bonds. The number of amides is 1. The Morgan fingerprint density at radius 2 is 1.86 bits per heavy atom. The molecule has 2 atom stereocenters. The molecule has 0 spiro atoms. The molecular weight excluding hydrogens is 260 g/mol. The van der Waals surface area contributed by atoms with E-state index in [2.05, 4.69) is 41.4 Å². The zero-order valence-electron chi connectivity index (χ0n) is 12.9. The third kappa shape index (κ3) is 2.98. The largest absolute Gasteiger partial charge is 0.319 e. The highest BCUT2D eigenvalue weighted by molar-refractivity contribution is 5.85. The van der Waals surface area contributed by atoms with Gasteiger partial charge in [-0.1, -0.05) is 62.9 Å². The van der Waals surface area contributed by atoms with Crippen molar-refractivity contribution in [2.75, 3.05) is 0 Å². The van der Waals surface area contributed by atoms with Crippen LogP contribution in [0, 0.1) is 0 Å². The van der Waals surface area contributed by atoms with Gasteiger partial charge in [-0.3, -0.25) is 10.1 Å². The van der Waals surface area contributed by atoms with Crippen molar-refractivity contribution in [1.29, 1.82) is 0 Å². The number of rotatable bonds is 4. The lowest BCUT2D eigenvalue weighted by Gasteiger charge is -2.35. The number of hydrogen-bond acceptors (Lipinski definition) is 2. The first-order valence-corrected chi connectivity index (χ1v) is 8.44. The summed E-state index contributed by atoms with van der Waals surface area (Å²) in [4.78, 5) is 15.0. The quantitative estimate of drug-likeness (QED) is 0.917. The average Bonchev–Trinajstić information content (AvgIpc) is 2.86. The van der Waals surface area contributed by atoms with Gasteiger partial charge in [0.25, 0.3) is 0 Å². The maximum atomic E-state index is 12.8. The lowest BCUT2D eigenvalue weighted by atomic mass is 9.93. The summed E-state index contributed by atoms with van der Waals surface area (Å²) in [5.41, 5.74) is 1.22. The molecule has 3 rings (SSSR count). The van der Waals surface area contributed by atoms with E-state index >= 15 is 0 Å². The van der Waals surface area contributed by atoms with Crippen molar-refractivity contribution < 1.29 is 4.79 Å². The molecule has 0 bridgehead atoms. The van der Waals surface area contributed by atoms with Crippen LogP contribution in [0.15, 0.2) is 30.3 Å². The second kappa shape index (κ2) is 6.61. The lowest BCUT2D eigenvalue weighted by Crippen LogP contribution is -2.41. The van der Waals surface area contributed by atoms with Gasteiger partial charge in [-0.05, 0) is 24.8 Å². The van der Waals surface area contributed by atoms with Crippen molar-refractivity contribution >= 4 is 5.91 Å². The number of hydrogen-bond donors (Lipinski definition) is 1. The summed E-state index contributed by atoms with van der Waals surface area (Å²) in [6.07, 6.45) is 8.21. The van der Waals surface area contributed by atoms with Crippen LogP contribution in [0.3, 0.4) is 0 Å². The van der Waals surface area contributed by atoms with Crippen LogP contribution in [-0.4, -0.2) is 22.9 Å². The molecule has 2 unspecified atom stereocenters. The SMILES string of the molecule is CCCC1NC(c2ccccc2)N(C2CCCCC2)C1=O. The molecule has 1 aliphatic heterocycles. The minimum Gasteiger partial charge on any atom is -0.319 e. The van der Waals surface area contributed by atoms with Gasteiger partial charge < -0.3 is 4.90 Å². The Morgan fingerprint density at radius 3 is 2.52 bits per heavy atom. The van der Waals surface area contributed by atoms with Crippen molar-refractivity contribution in [2.24, 2.45) is 0 Å². The molecule has 21 heavy (non-hydrogen) atoms. The summed E-state index contributed by atoms with van der Waals surface area (Å²) in [6.45, 7) is 2.15. The smallest absolute Gasteiger partial charge is 0.241 e. The van der Waals surface area contributed by atoms with Crippen molar-refractivity contribution in [1.82, 2.24) is 10.2 Å². The second-order valence-corrected chi connectivity index (χ2v) is 6.36. The van der Waals surface area contributed by atoms with E-state index in [9.17, 15) is 4.79 Å². The topological polar surface area (TPSA) is 32.3 Å². The van der Waals surface area contributed by atoms with Gasteiger partial charge >= 0.3 is 0 Å². The van der Waals surface area contributed by atoms with Gasteiger partial charge in [-0.25, -0.2) is 0 Å². The molecule has 1 aromatic rings. The molecule has 1 saturated heterocycles. The summed E-state index contributed by atoms with van der Waals surface area (Å²) in [7, 11) is 0. The number of benzene rings is 1. The molecule has 0 radical (unpaired) electrons. The molecular formula is C18H26N2O. The van der Waals surface area contributed by atoms with Crippen molar-refractivity contribution in [3.05, 3.63) is 35.9 Å². The fourth-order valence-corrected chi connectivity index (χ4v) is 3.79. The van der Waals surface area contributed by atoms with Crippen molar-refractivity contribution in [2.45, 2.75) is 70.1 Å². The zero-order chi connectivity index (χ0) is 14.7. The predicted molar refractivity (Wildman–Crippen MR) is 84.7 cm³/mol. The van der Waals surface area contributed by atoms with Gasteiger partial charge in [0.2, 0.25) is 5.91 Å². The van der Waals surface area contributed by atoms with E-state index in [0.717, 1.165) is 25.7 Å². The van der Waals surface area contributed by atoms with Gasteiger partial charge in [0, 0.05) is 6.04 Å². The van der Waals surface area contributed by atoms with E-state index in [-0.39, 0.29) is 12.2 Å². The fraction of sp³-hybridized carbons (Fsp3) is 0.611. The van der Waals surface area contributed by atoms with Gasteiger partial charge in [-0.2, -0.15) is 0 Å². The standard InChI is InChI=1S/C18H26N2O/c1-2-9-16-18(21)20(15-12-7-4-8-13-15)17(19-16)14-10-5-3-6-11-14/h3,5-6,10-11,15-17,19H,2,4,7-9,12-13H2,1H3. The zero-order valence-corrected chi connectivity index (χ0v) is 12.9. The molecule has 1 heterocycles. The monoisotopic (exact) mass is 286 g/mol. The Balaban J connectivity index is 1.85. The maximum Gasteiger partial charge on any atom is 0.241 e. The summed E-state index contributed by atoms with van der Waals surface area (Å²) < 4.78 is 0. The van der Waals surface area contributed by atoms with Gasteiger partial charge in [0.1, 0.15) is 6.17 Å². The highest BCUT2D eigenvalue weighted by Gasteiger charge is 2.42. The Bertz CT molecular complexity index is 467.